The summed E-state index contributed by atoms with van der Waals surface area (Å²) in [6.07, 6.45) is 1.80. The molecule has 0 aliphatic carbocycles. The van der Waals surface area contributed by atoms with Crippen molar-refractivity contribution in [1.29, 1.82) is 0 Å². The molecule has 0 unspecified atom stereocenters. The van der Waals surface area contributed by atoms with Crippen molar-refractivity contribution in [2.24, 2.45) is 0 Å². The van der Waals surface area contributed by atoms with E-state index >= 15 is 0 Å². The SMILES string of the molecule is Cc1cc(Oc2ccn(-c3ccc(Cl)cc3)n2)c(Cl)cc1N. The van der Waals surface area contributed by atoms with E-state index in [1.54, 1.807) is 41.2 Å². The van der Waals surface area contributed by atoms with Crippen molar-refractivity contribution in [2.45, 2.75) is 6.92 Å². The summed E-state index contributed by atoms with van der Waals surface area (Å²) < 4.78 is 7.42. The Kier molecular flexibility index (Phi) is 3.96. The number of nitrogen functional groups attached to an aromatic ring is 1. The Morgan fingerprint density at radius 1 is 1.09 bits per heavy atom. The molecule has 22 heavy (non-hydrogen) atoms. The quantitative estimate of drug-likeness (QED) is 0.696. The third kappa shape index (κ3) is 3.03. The van der Waals surface area contributed by atoms with Crippen molar-refractivity contribution in [3.8, 4) is 17.3 Å². The molecule has 2 aromatic carbocycles. The van der Waals surface area contributed by atoms with Gasteiger partial charge < -0.3 is 10.5 Å². The third-order valence-corrected chi connectivity index (χ3v) is 3.74. The van der Waals surface area contributed by atoms with Crippen molar-refractivity contribution in [1.82, 2.24) is 9.78 Å². The molecule has 112 valence electrons. The molecule has 2 N–H and O–H groups in total. The van der Waals surface area contributed by atoms with E-state index in [2.05, 4.69) is 5.10 Å². The van der Waals surface area contributed by atoms with Crippen molar-refractivity contribution in [2.75, 3.05) is 5.73 Å². The van der Waals surface area contributed by atoms with Crippen LogP contribution < -0.4 is 10.5 Å². The molecule has 1 aromatic heterocycles. The summed E-state index contributed by atoms with van der Waals surface area (Å²) in [4.78, 5) is 0. The van der Waals surface area contributed by atoms with Gasteiger partial charge in [0.2, 0.25) is 5.88 Å². The Hall–Kier alpha value is -2.17. The Morgan fingerprint density at radius 3 is 2.55 bits per heavy atom. The molecule has 4 nitrogen and oxygen atoms in total. The first-order valence-corrected chi connectivity index (χ1v) is 7.33. The first-order valence-electron chi connectivity index (χ1n) is 6.58. The molecular weight excluding hydrogens is 321 g/mol. The predicted molar refractivity (Wildman–Crippen MR) is 89.2 cm³/mol. The number of nitrogens with zero attached hydrogens (tertiary/aromatic N) is 2. The summed E-state index contributed by atoms with van der Waals surface area (Å²) in [5.41, 5.74) is 8.22. The van der Waals surface area contributed by atoms with Crippen molar-refractivity contribution < 1.29 is 4.74 Å². The van der Waals surface area contributed by atoms with Crippen LogP contribution in [0.2, 0.25) is 10.0 Å². The number of aryl methyl sites for hydroxylation is 1. The third-order valence-electron chi connectivity index (χ3n) is 3.19. The Labute approximate surface area is 138 Å². The molecule has 0 spiro atoms. The molecule has 6 heteroatoms. The first kappa shape index (κ1) is 14.8. The lowest BCUT2D eigenvalue weighted by molar-refractivity contribution is 0.457. The van der Waals surface area contributed by atoms with Crippen LogP contribution in [0, 0.1) is 6.92 Å². The fourth-order valence-electron chi connectivity index (χ4n) is 1.96. The number of rotatable bonds is 3. The molecule has 1 heterocycles. The largest absolute Gasteiger partial charge is 0.436 e. The van der Waals surface area contributed by atoms with Crippen molar-refractivity contribution in [3.63, 3.8) is 0 Å². The van der Waals surface area contributed by atoms with Crippen LogP contribution in [-0.2, 0) is 0 Å². The summed E-state index contributed by atoms with van der Waals surface area (Å²) in [5.74, 6) is 0.968. The average molecular weight is 334 g/mol. The maximum absolute atomic E-state index is 6.14. The molecule has 0 aliphatic heterocycles. The molecule has 0 bridgehead atoms. The summed E-state index contributed by atoms with van der Waals surface area (Å²) in [6, 6.07) is 12.6. The summed E-state index contributed by atoms with van der Waals surface area (Å²) in [5, 5.41) is 5.49. The van der Waals surface area contributed by atoms with Crippen LogP contribution in [0.1, 0.15) is 5.56 Å². The van der Waals surface area contributed by atoms with Gasteiger partial charge in [-0.1, -0.05) is 23.2 Å². The van der Waals surface area contributed by atoms with Crippen molar-refractivity contribution >= 4 is 28.9 Å². The number of ether oxygens (including phenoxy) is 1. The van der Waals surface area contributed by atoms with Crippen LogP contribution in [0.4, 0.5) is 5.69 Å². The Bertz CT molecular complexity index is 813. The molecule has 0 aliphatic rings. The monoisotopic (exact) mass is 333 g/mol. The van der Waals surface area contributed by atoms with E-state index in [9.17, 15) is 0 Å². The van der Waals surface area contributed by atoms with Gasteiger partial charge in [-0.15, -0.1) is 5.10 Å². The van der Waals surface area contributed by atoms with E-state index in [-0.39, 0.29) is 0 Å². The lowest BCUT2D eigenvalue weighted by Crippen LogP contribution is -1.96. The number of hydrogen-bond acceptors (Lipinski definition) is 3. The van der Waals surface area contributed by atoms with E-state index in [0.29, 0.717) is 27.4 Å². The normalized spacial score (nSPS) is 10.7. The second-order valence-corrected chi connectivity index (χ2v) is 5.66. The molecule has 0 radical (unpaired) electrons. The fraction of sp³-hybridized carbons (Fsp3) is 0.0625. The molecule has 0 fully saturated rings. The highest BCUT2D eigenvalue weighted by molar-refractivity contribution is 6.32. The minimum Gasteiger partial charge on any atom is -0.436 e. The molecule has 0 amide bonds. The second-order valence-electron chi connectivity index (χ2n) is 4.82. The van der Waals surface area contributed by atoms with Crippen LogP contribution >= 0.6 is 23.2 Å². The zero-order chi connectivity index (χ0) is 15.7. The van der Waals surface area contributed by atoms with Gasteiger partial charge >= 0.3 is 0 Å². The Morgan fingerprint density at radius 2 is 1.82 bits per heavy atom. The highest BCUT2D eigenvalue weighted by atomic mass is 35.5. The highest BCUT2D eigenvalue weighted by Gasteiger charge is 2.09. The smallest absolute Gasteiger partial charge is 0.238 e. The number of aromatic nitrogens is 2. The minimum absolute atomic E-state index is 0.445. The number of anilines is 1. The first-order chi connectivity index (χ1) is 10.5. The minimum atomic E-state index is 0.445. The molecule has 3 aromatic rings. The van der Waals surface area contributed by atoms with Crippen molar-refractivity contribution in [3.05, 3.63) is 64.3 Å². The van der Waals surface area contributed by atoms with E-state index in [1.165, 1.54) is 0 Å². The number of nitrogens with two attached hydrogens (primary N) is 1. The number of hydrogen-bond donors (Lipinski definition) is 1. The van der Waals surface area contributed by atoms with Crippen LogP contribution in [-0.4, -0.2) is 9.78 Å². The summed E-state index contributed by atoms with van der Waals surface area (Å²) in [7, 11) is 0. The van der Waals surface area contributed by atoms with Crippen LogP contribution in [0.15, 0.2) is 48.7 Å². The van der Waals surface area contributed by atoms with Crippen LogP contribution in [0.25, 0.3) is 5.69 Å². The van der Waals surface area contributed by atoms with Gasteiger partial charge in [0.05, 0.1) is 10.7 Å². The van der Waals surface area contributed by atoms with Gasteiger partial charge in [-0.3, -0.25) is 0 Å². The molecule has 0 saturated heterocycles. The number of benzene rings is 2. The number of halogens is 2. The second kappa shape index (κ2) is 5.91. The zero-order valence-electron chi connectivity index (χ0n) is 11.8. The van der Waals surface area contributed by atoms with E-state index < -0.39 is 0 Å². The molecule has 3 rings (SSSR count). The maximum atomic E-state index is 6.14. The topological polar surface area (TPSA) is 53.1 Å². The lowest BCUT2D eigenvalue weighted by Gasteiger charge is -2.08. The average Bonchev–Trinajstić information content (AvgIpc) is 2.94. The summed E-state index contributed by atoms with van der Waals surface area (Å²) >= 11 is 12.0. The molecular formula is C16H13Cl2N3O. The summed E-state index contributed by atoms with van der Waals surface area (Å²) in [6.45, 7) is 1.89. The van der Waals surface area contributed by atoms with E-state index in [1.807, 2.05) is 19.1 Å². The highest BCUT2D eigenvalue weighted by Crippen LogP contribution is 2.32. The lowest BCUT2D eigenvalue weighted by atomic mass is 10.2. The molecule has 0 saturated carbocycles. The van der Waals surface area contributed by atoms with Gasteiger partial charge in [-0.2, -0.15) is 0 Å². The zero-order valence-corrected chi connectivity index (χ0v) is 13.3. The van der Waals surface area contributed by atoms with Gasteiger partial charge in [0.15, 0.2) is 0 Å². The molecule has 0 atom stereocenters. The van der Waals surface area contributed by atoms with Gasteiger partial charge in [-0.05, 0) is 48.9 Å². The van der Waals surface area contributed by atoms with Crippen LogP contribution in [0.5, 0.6) is 11.6 Å². The van der Waals surface area contributed by atoms with Gasteiger partial charge in [0, 0.05) is 23.0 Å². The van der Waals surface area contributed by atoms with E-state index in [0.717, 1.165) is 11.3 Å². The van der Waals surface area contributed by atoms with Gasteiger partial charge in [0.25, 0.3) is 0 Å². The van der Waals surface area contributed by atoms with Crippen LogP contribution in [0.3, 0.4) is 0 Å². The predicted octanol–water partition coefficient (Wildman–Crippen LogP) is 4.86. The van der Waals surface area contributed by atoms with Gasteiger partial charge in [-0.25, -0.2) is 4.68 Å². The standard InChI is InChI=1S/C16H13Cl2N3O/c1-10-8-15(13(18)9-14(10)19)22-16-6-7-21(20-16)12-4-2-11(17)3-5-12/h2-9H,19H2,1H3. The van der Waals surface area contributed by atoms with Gasteiger partial charge in [0.1, 0.15) is 5.75 Å². The Balaban J connectivity index is 1.86. The fourth-order valence-corrected chi connectivity index (χ4v) is 2.30. The maximum Gasteiger partial charge on any atom is 0.238 e. The van der Waals surface area contributed by atoms with E-state index in [4.69, 9.17) is 33.7 Å².